The molecule has 0 radical (unpaired) electrons. The van der Waals surface area contributed by atoms with Gasteiger partial charge >= 0.3 is 6.09 Å². The van der Waals surface area contributed by atoms with Gasteiger partial charge in [0, 0.05) is 29.1 Å². The van der Waals surface area contributed by atoms with E-state index in [0.29, 0.717) is 26.2 Å². The van der Waals surface area contributed by atoms with Crippen molar-refractivity contribution >= 4 is 33.4 Å². The molecule has 3 N–H and O–H groups in total. The second-order valence-corrected chi connectivity index (χ2v) is 15.8. The van der Waals surface area contributed by atoms with Crippen LogP contribution >= 0.6 is 11.3 Å². The Hall–Kier alpha value is -5.06. The van der Waals surface area contributed by atoms with Gasteiger partial charge in [-0.25, -0.2) is 4.79 Å². The fraction of sp³-hybridized carbons (Fsp3) is 0.364. The molecule has 0 aliphatic carbocycles. The first-order chi connectivity index (χ1) is 26.1. The molecule has 2 heterocycles. The summed E-state index contributed by atoms with van der Waals surface area (Å²) >= 11 is 1.81. The molecule has 0 saturated carbocycles. The lowest BCUT2D eigenvalue weighted by molar-refractivity contribution is -0.123. The van der Waals surface area contributed by atoms with E-state index in [1.807, 2.05) is 23.5 Å². The minimum absolute atomic E-state index is 0.130. The normalized spacial score (nSPS) is 13.8. The molecule has 1 fully saturated rings. The van der Waals surface area contributed by atoms with Crippen molar-refractivity contribution in [2.45, 2.75) is 64.5 Å². The number of fused-ring (bicyclic) bond motifs is 1. The van der Waals surface area contributed by atoms with E-state index in [1.54, 1.807) is 45.0 Å². The predicted molar refractivity (Wildman–Crippen MR) is 216 cm³/mol. The SMILES string of the molecule is CC(C)(C)OC(=O)N[C@@H](Cc1ccc(O)cc1)C(=O)NCCCOc1ccc(-c2sc3ccccc3c2Cc2ccc(OCCN3CCCC3)cc2)cc1. The second kappa shape index (κ2) is 18.3. The molecule has 6 rings (SSSR count). The molecule has 1 aliphatic rings. The number of benzene rings is 4. The number of amides is 2. The number of rotatable bonds is 16. The highest BCUT2D eigenvalue weighted by atomic mass is 32.1. The molecule has 4 aromatic carbocycles. The minimum atomic E-state index is -0.848. The van der Waals surface area contributed by atoms with Crippen molar-refractivity contribution in [1.82, 2.24) is 15.5 Å². The number of hydrogen-bond acceptors (Lipinski definition) is 8. The molecule has 5 aromatic rings. The molecular weight excluding hydrogens is 699 g/mol. The molecule has 54 heavy (non-hydrogen) atoms. The third kappa shape index (κ3) is 11.2. The van der Waals surface area contributed by atoms with E-state index >= 15 is 0 Å². The first-order valence-electron chi connectivity index (χ1n) is 18.8. The molecule has 284 valence electrons. The van der Waals surface area contributed by atoms with Crippen LogP contribution in [0.2, 0.25) is 0 Å². The van der Waals surface area contributed by atoms with Crippen LogP contribution in [0, 0.1) is 0 Å². The van der Waals surface area contributed by atoms with Crippen LogP contribution < -0.4 is 20.1 Å². The average molecular weight is 750 g/mol. The number of nitrogens with one attached hydrogen (secondary N) is 2. The molecule has 10 heteroatoms. The Bertz CT molecular complexity index is 1960. The van der Waals surface area contributed by atoms with Crippen LogP contribution in [0.1, 0.15) is 56.7 Å². The summed E-state index contributed by atoms with van der Waals surface area (Å²) in [5.41, 5.74) is 3.79. The summed E-state index contributed by atoms with van der Waals surface area (Å²) in [7, 11) is 0. The lowest BCUT2D eigenvalue weighted by atomic mass is 9.99. The maximum Gasteiger partial charge on any atom is 0.408 e. The van der Waals surface area contributed by atoms with Crippen molar-refractivity contribution in [3.63, 3.8) is 0 Å². The Morgan fingerprint density at radius 3 is 2.19 bits per heavy atom. The van der Waals surface area contributed by atoms with Gasteiger partial charge in [0.15, 0.2) is 0 Å². The molecule has 0 spiro atoms. The Morgan fingerprint density at radius 2 is 1.48 bits per heavy atom. The minimum Gasteiger partial charge on any atom is -0.508 e. The van der Waals surface area contributed by atoms with Crippen molar-refractivity contribution in [2.24, 2.45) is 0 Å². The highest BCUT2D eigenvalue weighted by Gasteiger charge is 2.25. The lowest BCUT2D eigenvalue weighted by Gasteiger charge is -2.23. The molecule has 1 aromatic heterocycles. The summed E-state index contributed by atoms with van der Waals surface area (Å²) in [5, 5.41) is 16.5. The van der Waals surface area contributed by atoms with Gasteiger partial charge < -0.3 is 30.0 Å². The van der Waals surface area contributed by atoms with E-state index in [9.17, 15) is 14.7 Å². The lowest BCUT2D eigenvalue weighted by Crippen LogP contribution is -2.49. The van der Waals surface area contributed by atoms with Crippen LogP contribution in [-0.2, 0) is 22.4 Å². The largest absolute Gasteiger partial charge is 0.508 e. The van der Waals surface area contributed by atoms with Crippen LogP contribution in [0.25, 0.3) is 20.5 Å². The Kier molecular flexibility index (Phi) is 13.1. The van der Waals surface area contributed by atoms with E-state index in [1.165, 1.54) is 52.0 Å². The number of aromatic hydroxyl groups is 1. The van der Waals surface area contributed by atoms with Gasteiger partial charge in [-0.15, -0.1) is 11.3 Å². The number of phenolic OH excluding ortho intramolecular Hbond substituents is 1. The molecule has 0 bridgehead atoms. The summed E-state index contributed by atoms with van der Waals surface area (Å²) < 4.78 is 18.7. The fourth-order valence-electron chi connectivity index (χ4n) is 6.54. The highest BCUT2D eigenvalue weighted by Crippen LogP contribution is 2.40. The van der Waals surface area contributed by atoms with Crippen molar-refractivity contribution in [3.05, 3.63) is 114 Å². The standard InChI is InChI=1S/C44H51N3O6S/c1-44(2,3)53-43(50)46-39(30-32-11-17-34(48)18-12-32)42(49)45-23-8-27-51-36-21-15-33(16-22-36)41-38(37-9-4-5-10-40(37)54-41)29-31-13-19-35(20-14-31)52-28-26-47-24-6-7-25-47/h4-5,9-22,39,48H,6-8,23-30H2,1-3H3,(H,45,49)(H,46,50)/t39-/m0/s1. The van der Waals surface area contributed by atoms with Gasteiger partial charge in [0.05, 0.1) is 6.61 Å². The van der Waals surface area contributed by atoms with Gasteiger partial charge in [-0.05, 0) is 142 Å². The number of nitrogens with zero attached hydrogens (tertiary/aromatic N) is 1. The molecule has 1 saturated heterocycles. The summed E-state index contributed by atoms with van der Waals surface area (Å²) in [4.78, 5) is 29.4. The third-order valence-electron chi connectivity index (χ3n) is 9.27. The van der Waals surface area contributed by atoms with Crippen molar-refractivity contribution in [1.29, 1.82) is 0 Å². The number of ether oxygens (including phenoxy) is 3. The topological polar surface area (TPSA) is 109 Å². The first-order valence-corrected chi connectivity index (χ1v) is 19.6. The van der Waals surface area contributed by atoms with Gasteiger partial charge in [0.1, 0.15) is 35.5 Å². The van der Waals surface area contributed by atoms with Gasteiger partial charge in [-0.3, -0.25) is 9.69 Å². The maximum atomic E-state index is 13.1. The average Bonchev–Trinajstić information content (AvgIpc) is 3.80. The van der Waals surface area contributed by atoms with E-state index in [2.05, 4.69) is 76.2 Å². The van der Waals surface area contributed by atoms with E-state index in [-0.39, 0.29) is 18.1 Å². The summed E-state index contributed by atoms with van der Waals surface area (Å²) in [6.07, 6.45) is 3.56. The van der Waals surface area contributed by atoms with Crippen molar-refractivity contribution in [3.8, 4) is 27.7 Å². The molecule has 9 nitrogen and oxygen atoms in total. The van der Waals surface area contributed by atoms with E-state index < -0.39 is 17.7 Å². The first kappa shape index (κ1) is 38.7. The Labute approximate surface area is 322 Å². The number of alkyl carbamates (subject to hydrolysis) is 1. The summed E-state index contributed by atoms with van der Waals surface area (Å²) in [6.45, 7) is 10.1. The molecule has 1 atom stereocenters. The molecule has 2 amide bonds. The zero-order valence-electron chi connectivity index (χ0n) is 31.4. The number of phenols is 1. The number of hydrogen-bond donors (Lipinski definition) is 3. The zero-order valence-corrected chi connectivity index (χ0v) is 32.3. The molecule has 0 unspecified atom stereocenters. The van der Waals surface area contributed by atoms with E-state index in [0.717, 1.165) is 35.6 Å². The van der Waals surface area contributed by atoms with Gasteiger partial charge in [0.25, 0.3) is 0 Å². The Balaban J connectivity index is 1.01. The number of carbonyl (C=O) groups is 2. The third-order valence-corrected chi connectivity index (χ3v) is 10.5. The van der Waals surface area contributed by atoms with Crippen LogP contribution in [0.5, 0.6) is 17.2 Å². The van der Waals surface area contributed by atoms with Crippen LogP contribution in [-0.4, -0.2) is 73.0 Å². The quantitative estimate of drug-likeness (QED) is 0.0871. The second-order valence-electron chi connectivity index (χ2n) is 14.7. The van der Waals surface area contributed by atoms with Crippen LogP contribution in [0.3, 0.4) is 0 Å². The van der Waals surface area contributed by atoms with Gasteiger partial charge in [0.2, 0.25) is 5.91 Å². The van der Waals surface area contributed by atoms with Crippen LogP contribution in [0.4, 0.5) is 4.79 Å². The molecular formula is C44H51N3O6S. The predicted octanol–water partition coefficient (Wildman–Crippen LogP) is 8.36. The summed E-state index contributed by atoms with van der Waals surface area (Å²) in [5.74, 6) is 1.47. The number of thiophene rings is 1. The van der Waals surface area contributed by atoms with E-state index in [4.69, 9.17) is 14.2 Å². The number of likely N-dealkylation sites (tertiary alicyclic amines) is 1. The smallest absolute Gasteiger partial charge is 0.408 e. The maximum absolute atomic E-state index is 13.1. The zero-order chi connectivity index (χ0) is 37.9. The summed E-state index contributed by atoms with van der Waals surface area (Å²) in [6, 6.07) is 31.0. The Morgan fingerprint density at radius 1 is 0.833 bits per heavy atom. The highest BCUT2D eigenvalue weighted by molar-refractivity contribution is 7.22. The molecule has 1 aliphatic heterocycles. The monoisotopic (exact) mass is 749 g/mol. The fourth-order valence-corrected chi connectivity index (χ4v) is 7.77. The number of carbonyl (C=O) groups excluding carboxylic acids is 2. The van der Waals surface area contributed by atoms with Crippen molar-refractivity contribution < 1.29 is 28.9 Å². The van der Waals surface area contributed by atoms with Crippen LogP contribution in [0.15, 0.2) is 97.1 Å². The van der Waals surface area contributed by atoms with Gasteiger partial charge in [-0.2, -0.15) is 0 Å². The van der Waals surface area contributed by atoms with Crippen molar-refractivity contribution in [2.75, 3.05) is 39.4 Å². The van der Waals surface area contributed by atoms with Gasteiger partial charge in [-0.1, -0.05) is 42.5 Å².